The van der Waals surface area contributed by atoms with E-state index in [4.69, 9.17) is 14.2 Å². The lowest BCUT2D eigenvalue weighted by Gasteiger charge is -2.18. The van der Waals surface area contributed by atoms with Gasteiger partial charge in [-0.25, -0.2) is 0 Å². The van der Waals surface area contributed by atoms with Gasteiger partial charge in [-0.2, -0.15) is 0 Å². The van der Waals surface area contributed by atoms with Gasteiger partial charge in [0.25, 0.3) is 0 Å². The maximum Gasteiger partial charge on any atom is 0.306 e. The molecule has 0 aliphatic carbocycles. The Morgan fingerprint density at radius 1 is 0.302 bits per heavy atom. The van der Waals surface area contributed by atoms with E-state index in [1.165, 1.54) is 193 Å². The van der Waals surface area contributed by atoms with Crippen molar-refractivity contribution in [2.24, 2.45) is 0 Å². The standard InChI is InChI=1S/C57H106O6/c1-4-7-10-13-16-19-22-25-27-28-30-32-35-38-41-44-47-50-56(59)62-53-54(52-61-55(58)49-46-43-40-37-34-31-24-21-18-15-12-9-6-3)63-57(60)51-48-45-42-39-36-33-29-26-23-20-17-14-11-8-5-2/h20,23,31,34,54H,4-19,21-22,24-30,32-33,35-53H2,1-3H3/b23-20-,34-31-. The molecule has 0 bridgehead atoms. The van der Waals surface area contributed by atoms with Crippen molar-refractivity contribution < 1.29 is 28.6 Å². The van der Waals surface area contributed by atoms with E-state index in [1.807, 2.05) is 0 Å². The van der Waals surface area contributed by atoms with Crippen molar-refractivity contribution >= 4 is 17.9 Å². The summed E-state index contributed by atoms with van der Waals surface area (Å²) in [6, 6.07) is 0. The Morgan fingerprint density at radius 3 is 0.825 bits per heavy atom. The molecule has 0 heterocycles. The van der Waals surface area contributed by atoms with Crippen molar-refractivity contribution in [1.82, 2.24) is 0 Å². The van der Waals surface area contributed by atoms with Gasteiger partial charge in [0.1, 0.15) is 13.2 Å². The first kappa shape index (κ1) is 60.9. The summed E-state index contributed by atoms with van der Waals surface area (Å²) in [6.45, 7) is 6.64. The predicted octanol–water partition coefficient (Wildman–Crippen LogP) is 18.3. The maximum atomic E-state index is 12.8. The zero-order chi connectivity index (χ0) is 45.8. The fourth-order valence-corrected chi connectivity index (χ4v) is 8.20. The van der Waals surface area contributed by atoms with Crippen LogP contribution >= 0.6 is 0 Å². The molecular weight excluding hydrogens is 781 g/mol. The zero-order valence-corrected chi connectivity index (χ0v) is 42.4. The topological polar surface area (TPSA) is 78.9 Å². The number of carbonyl (C=O) groups excluding carboxylic acids is 3. The fourth-order valence-electron chi connectivity index (χ4n) is 8.20. The van der Waals surface area contributed by atoms with Gasteiger partial charge in [-0.05, 0) is 70.6 Å². The molecular formula is C57H106O6. The molecule has 0 aliphatic rings. The van der Waals surface area contributed by atoms with Crippen LogP contribution in [-0.4, -0.2) is 37.2 Å². The van der Waals surface area contributed by atoms with Crippen LogP contribution in [0.5, 0.6) is 0 Å². The Bertz CT molecular complexity index is 1020. The van der Waals surface area contributed by atoms with Gasteiger partial charge < -0.3 is 14.2 Å². The Labute approximate surface area is 392 Å². The molecule has 0 saturated heterocycles. The van der Waals surface area contributed by atoms with Gasteiger partial charge in [0.2, 0.25) is 0 Å². The minimum absolute atomic E-state index is 0.0735. The highest BCUT2D eigenvalue weighted by molar-refractivity contribution is 5.71. The first-order chi connectivity index (χ1) is 31.0. The van der Waals surface area contributed by atoms with Crippen molar-refractivity contribution in [3.05, 3.63) is 24.3 Å². The summed E-state index contributed by atoms with van der Waals surface area (Å²) < 4.78 is 16.8. The third-order valence-electron chi connectivity index (χ3n) is 12.4. The molecule has 63 heavy (non-hydrogen) atoms. The molecule has 0 aromatic rings. The maximum absolute atomic E-state index is 12.8. The van der Waals surface area contributed by atoms with Gasteiger partial charge in [0.05, 0.1) is 0 Å². The highest BCUT2D eigenvalue weighted by atomic mass is 16.6. The number of hydrogen-bond donors (Lipinski definition) is 0. The minimum Gasteiger partial charge on any atom is -0.462 e. The Balaban J connectivity index is 4.34. The van der Waals surface area contributed by atoms with Crippen molar-refractivity contribution in [1.29, 1.82) is 0 Å². The largest absolute Gasteiger partial charge is 0.462 e. The van der Waals surface area contributed by atoms with Crippen molar-refractivity contribution in [2.75, 3.05) is 13.2 Å². The molecule has 0 aromatic carbocycles. The molecule has 0 fully saturated rings. The van der Waals surface area contributed by atoms with Gasteiger partial charge in [0.15, 0.2) is 6.10 Å². The quantitative estimate of drug-likeness (QED) is 0.0262. The summed E-state index contributed by atoms with van der Waals surface area (Å²) in [6.07, 6.45) is 60.2. The summed E-state index contributed by atoms with van der Waals surface area (Å²) in [5.41, 5.74) is 0. The Hall–Kier alpha value is -2.11. The molecule has 0 spiro atoms. The summed E-state index contributed by atoms with van der Waals surface area (Å²) in [5, 5.41) is 0. The monoisotopic (exact) mass is 887 g/mol. The first-order valence-corrected chi connectivity index (χ1v) is 27.8. The molecule has 0 aliphatic heterocycles. The molecule has 0 radical (unpaired) electrons. The minimum atomic E-state index is -0.775. The summed E-state index contributed by atoms with van der Waals surface area (Å²) >= 11 is 0. The van der Waals surface area contributed by atoms with Gasteiger partial charge in [-0.1, -0.05) is 238 Å². The lowest BCUT2D eigenvalue weighted by molar-refractivity contribution is -0.167. The molecule has 0 N–H and O–H groups in total. The highest BCUT2D eigenvalue weighted by Crippen LogP contribution is 2.16. The smallest absolute Gasteiger partial charge is 0.306 e. The predicted molar refractivity (Wildman–Crippen MR) is 270 cm³/mol. The average Bonchev–Trinajstić information content (AvgIpc) is 3.28. The van der Waals surface area contributed by atoms with Gasteiger partial charge in [-0.3, -0.25) is 14.4 Å². The van der Waals surface area contributed by atoms with Crippen LogP contribution in [0.2, 0.25) is 0 Å². The second-order valence-corrected chi connectivity index (χ2v) is 18.8. The lowest BCUT2D eigenvalue weighted by Crippen LogP contribution is -2.30. The van der Waals surface area contributed by atoms with Crippen molar-refractivity contribution in [3.8, 4) is 0 Å². The van der Waals surface area contributed by atoms with Crippen LogP contribution in [0.15, 0.2) is 24.3 Å². The second-order valence-electron chi connectivity index (χ2n) is 18.8. The SMILES string of the molecule is CCCCCC/C=C\CCCCCCCCCC(=O)OC(COC(=O)CCCCC/C=C\CCCCCCCC)COC(=O)CCCCCCCCCCCCCCCCCCC. The normalized spacial score (nSPS) is 12.1. The molecule has 6 nitrogen and oxygen atoms in total. The number of carbonyl (C=O) groups is 3. The van der Waals surface area contributed by atoms with Gasteiger partial charge in [0, 0.05) is 19.3 Å². The van der Waals surface area contributed by atoms with Gasteiger partial charge >= 0.3 is 17.9 Å². The second kappa shape index (κ2) is 52.5. The average molecular weight is 887 g/mol. The number of allylic oxidation sites excluding steroid dienone is 4. The fraction of sp³-hybridized carbons (Fsp3) is 0.877. The van der Waals surface area contributed by atoms with Crippen LogP contribution in [0.3, 0.4) is 0 Å². The zero-order valence-electron chi connectivity index (χ0n) is 42.4. The summed E-state index contributed by atoms with van der Waals surface area (Å²) in [5.74, 6) is -0.878. The van der Waals surface area contributed by atoms with Crippen molar-refractivity contribution in [2.45, 2.75) is 309 Å². The van der Waals surface area contributed by atoms with E-state index in [-0.39, 0.29) is 31.1 Å². The van der Waals surface area contributed by atoms with Crippen LogP contribution in [-0.2, 0) is 28.6 Å². The number of esters is 3. The van der Waals surface area contributed by atoms with Crippen LogP contribution in [0, 0.1) is 0 Å². The lowest BCUT2D eigenvalue weighted by atomic mass is 10.0. The molecule has 0 aromatic heterocycles. The molecule has 0 saturated carbocycles. The first-order valence-electron chi connectivity index (χ1n) is 27.8. The third kappa shape index (κ3) is 50.7. The third-order valence-corrected chi connectivity index (χ3v) is 12.4. The van der Waals surface area contributed by atoms with Crippen LogP contribution in [0.4, 0.5) is 0 Å². The number of rotatable bonds is 51. The van der Waals surface area contributed by atoms with Crippen LogP contribution in [0.1, 0.15) is 303 Å². The summed E-state index contributed by atoms with van der Waals surface area (Å²) in [7, 11) is 0. The highest BCUT2D eigenvalue weighted by Gasteiger charge is 2.19. The van der Waals surface area contributed by atoms with Crippen molar-refractivity contribution in [3.63, 3.8) is 0 Å². The van der Waals surface area contributed by atoms with E-state index in [9.17, 15) is 14.4 Å². The Morgan fingerprint density at radius 2 is 0.524 bits per heavy atom. The van der Waals surface area contributed by atoms with E-state index >= 15 is 0 Å². The summed E-state index contributed by atoms with van der Waals surface area (Å²) in [4.78, 5) is 38.0. The van der Waals surface area contributed by atoms with Crippen LogP contribution in [0.25, 0.3) is 0 Å². The molecule has 6 heteroatoms. The number of unbranched alkanes of at least 4 members (excludes halogenated alkanes) is 36. The Kier molecular flexibility index (Phi) is 50.8. The molecule has 1 atom stereocenters. The van der Waals surface area contributed by atoms with E-state index < -0.39 is 6.10 Å². The van der Waals surface area contributed by atoms with Gasteiger partial charge in [-0.15, -0.1) is 0 Å². The number of ether oxygens (including phenoxy) is 3. The van der Waals surface area contributed by atoms with E-state index in [2.05, 4.69) is 45.1 Å². The molecule has 0 rings (SSSR count). The van der Waals surface area contributed by atoms with E-state index in [0.29, 0.717) is 19.3 Å². The molecule has 1 unspecified atom stereocenters. The van der Waals surface area contributed by atoms with Crippen LogP contribution < -0.4 is 0 Å². The number of hydrogen-bond acceptors (Lipinski definition) is 6. The van der Waals surface area contributed by atoms with E-state index in [1.54, 1.807) is 0 Å². The van der Waals surface area contributed by atoms with E-state index in [0.717, 1.165) is 70.6 Å². The molecule has 370 valence electrons. The molecule has 0 amide bonds.